The summed E-state index contributed by atoms with van der Waals surface area (Å²) in [6, 6.07) is 1.45. The van der Waals surface area contributed by atoms with Crippen LogP contribution in [0.5, 0.6) is 0 Å². The van der Waals surface area contributed by atoms with Gasteiger partial charge in [0, 0.05) is 12.8 Å². The summed E-state index contributed by atoms with van der Waals surface area (Å²) in [5.74, 6) is -1.25. The van der Waals surface area contributed by atoms with Gasteiger partial charge in [0.2, 0.25) is 0 Å². The van der Waals surface area contributed by atoms with Gasteiger partial charge in [0.25, 0.3) is 0 Å². The number of hydrogen-bond acceptors (Lipinski definition) is 3. The Kier molecular flexibility index (Phi) is 5.26. The SMILES string of the molecule is O=C(O)CCCCCCc1occc1C(=O)O. The predicted octanol–water partition coefficient (Wildman–Crippen LogP) is 2.56. The molecule has 1 aromatic heterocycles. The molecule has 5 nitrogen and oxygen atoms in total. The number of furan rings is 1. The number of carbonyl (C=O) groups is 2. The molecule has 0 aliphatic heterocycles. The first-order valence-corrected chi connectivity index (χ1v) is 5.62. The largest absolute Gasteiger partial charge is 0.481 e. The highest BCUT2D eigenvalue weighted by Crippen LogP contribution is 2.15. The molecule has 0 aliphatic carbocycles. The average Bonchev–Trinajstić information content (AvgIpc) is 2.71. The minimum Gasteiger partial charge on any atom is -0.481 e. The topological polar surface area (TPSA) is 87.7 Å². The van der Waals surface area contributed by atoms with Crippen molar-refractivity contribution in [3.8, 4) is 0 Å². The van der Waals surface area contributed by atoms with Crippen LogP contribution in [0.2, 0.25) is 0 Å². The predicted molar refractivity (Wildman–Crippen MR) is 60.1 cm³/mol. The van der Waals surface area contributed by atoms with Crippen molar-refractivity contribution in [2.24, 2.45) is 0 Å². The Morgan fingerprint density at radius 1 is 1.12 bits per heavy atom. The van der Waals surface area contributed by atoms with Gasteiger partial charge in [0.1, 0.15) is 11.3 Å². The van der Waals surface area contributed by atoms with Gasteiger partial charge in [0.05, 0.1) is 6.26 Å². The minimum atomic E-state index is -0.973. The van der Waals surface area contributed by atoms with E-state index in [4.69, 9.17) is 14.6 Å². The number of aromatic carboxylic acids is 1. The molecule has 0 atom stereocenters. The van der Waals surface area contributed by atoms with Crippen molar-refractivity contribution >= 4 is 11.9 Å². The van der Waals surface area contributed by atoms with Crippen molar-refractivity contribution in [1.82, 2.24) is 0 Å². The molecule has 1 heterocycles. The third-order valence-electron chi connectivity index (χ3n) is 2.52. The Morgan fingerprint density at radius 3 is 2.47 bits per heavy atom. The van der Waals surface area contributed by atoms with E-state index < -0.39 is 11.9 Å². The van der Waals surface area contributed by atoms with E-state index in [1.165, 1.54) is 12.3 Å². The number of rotatable bonds is 8. The van der Waals surface area contributed by atoms with E-state index >= 15 is 0 Å². The highest BCUT2D eigenvalue weighted by atomic mass is 16.4. The lowest BCUT2D eigenvalue weighted by molar-refractivity contribution is -0.137. The highest BCUT2D eigenvalue weighted by molar-refractivity contribution is 5.88. The fourth-order valence-electron chi connectivity index (χ4n) is 1.64. The lowest BCUT2D eigenvalue weighted by Crippen LogP contribution is -1.99. The Balaban J connectivity index is 2.20. The van der Waals surface area contributed by atoms with Gasteiger partial charge in [-0.05, 0) is 18.9 Å². The smallest absolute Gasteiger partial charge is 0.339 e. The van der Waals surface area contributed by atoms with Gasteiger partial charge in [0.15, 0.2) is 0 Å². The van der Waals surface area contributed by atoms with Crippen LogP contribution in [-0.4, -0.2) is 22.2 Å². The molecule has 0 fully saturated rings. The number of aliphatic carboxylic acids is 1. The summed E-state index contributed by atoms with van der Waals surface area (Å²) in [6.07, 6.45) is 5.36. The van der Waals surface area contributed by atoms with Crippen LogP contribution in [0.4, 0.5) is 0 Å². The van der Waals surface area contributed by atoms with E-state index in [1.54, 1.807) is 0 Å². The number of carboxylic acids is 2. The molecule has 0 unspecified atom stereocenters. The molecule has 0 radical (unpaired) electrons. The van der Waals surface area contributed by atoms with E-state index in [0.29, 0.717) is 18.6 Å². The zero-order chi connectivity index (χ0) is 12.7. The van der Waals surface area contributed by atoms with Crippen LogP contribution in [0.3, 0.4) is 0 Å². The summed E-state index contributed by atoms with van der Waals surface area (Å²) in [5, 5.41) is 17.3. The van der Waals surface area contributed by atoms with Gasteiger partial charge in [-0.1, -0.05) is 12.8 Å². The number of aryl methyl sites for hydroxylation is 1. The van der Waals surface area contributed by atoms with Crippen LogP contribution >= 0.6 is 0 Å². The first kappa shape index (κ1) is 13.3. The van der Waals surface area contributed by atoms with Crippen LogP contribution in [-0.2, 0) is 11.2 Å². The highest BCUT2D eigenvalue weighted by Gasteiger charge is 2.12. The zero-order valence-electron chi connectivity index (χ0n) is 9.52. The van der Waals surface area contributed by atoms with Crippen molar-refractivity contribution in [2.75, 3.05) is 0 Å². The fourth-order valence-corrected chi connectivity index (χ4v) is 1.64. The third kappa shape index (κ3) is 4.72. The molecular formula is C12H16O5. The van der Waals surface area contributed by atoms with E-state index in [2.05, 4.69) is 0 Å². The second kappa shape index (κ2) is 6.73. The Labute approximate surface area is 99.1 Å². The Morgan fingerprint density at radius 2 is 1.82 bits per heavy atom. The third-order valence-corrected chi connectivity index (χ3v) is 2.52. The van der Waals surface area contributed by atoms with Gasteiger partial charge in [-0.3, -0.25) is 4.79 Å². The maximum Gasteiger partial charge on any atom is 0.339 e. The van der Waals surface area contributed by atoms with E-state index in [9.17, 15) is 9.59 Å². The summed E-state index contributed by atoms with van der Waals surface area (Å²) >= 11 is 0. The van der Waals surface area contributed by atoms with Crippen molar-refractivity contribution < 1.29 is 24.2 Å². The molecule has 0 aliphatic rings. The lowest BCUT2D eigenvalue weighted by Gasteiger charge is -2.00. The van der Waals surface area contributed by atoms with Crippen molar-refractivity contribution in [3.05, 3.63) is 23.7 Å². The zero-order valence-corrected chi connectivity index (χ0v) is 9.52. The van der Waals surface area contributed by atoms with Gasteiger partial charge < -0.3 is 14.6 Å². The lowest BCUT2D eigenvalue weighted by atomic mass is 10.1. The van der Waals surface area contributed by atoms with Crippen LogP contribution in [0.15, 0.2) is 16.7 Å². The van der Waals surface area contributed by atoms with Crippen LogP contribution in [0.25, 0.3) is 0 Å². The second-order valence-electron chi connectivity index (χ2n) is 3.87. The molecule has 0 saturated heterocycles. The van der Waals surface area contributed by atoms with Gasteiger partial charge in [-0.2, -0.15) is 0 Å². The summed E-state index contributed by atoms with van der Waals surface area (Å²) in [5.41, 5.74) is 0.218. The molecule has 0 saturated carbocycles. The molecule has 5 heteroatoms. The number of carboxylic acid groups (broad SMARTS) is 2. The average molecular weight is 240 g/mol. The Bertz CT molecular complexity index is 380. The number of unbranched alkanes of at least 4 members (excludes halogenated alkanes) is 3. The molecule has 0 amide bonds. The van der Waals surface area contributed by atoms with Crippen molar-refractivity contribution in [3.63, 3.8) is 0 Å². The summed E-state index contributed by atoms with van der Waals surface area (Å²) in [6.45, 7) is 0. The first-order chi connectivity index (χ1) is 8.11. The van der Waals surface area contributed by atoms with Crippen molar-refractivity contribution in [2.45, 2.75) is 38.5 Å². The maximum absolute atomic E-state index is 10.8. The van der Waals surface area contributed by atoms with Crippen molar-refractivity contribution in [1.29, 1.82) is 0 Å². The van der Waals surface area contributed by atoms with Crippen LogP contribution in [0, 0.1) is 0 Å². The minimum absolute atomic E-state index is 0.196. The number of hydrogen-bond donors (Lipinski definition) is 2. The van der Waals surface area contributed by atoms with E-state index in [0.717, 1.165) is 19.3 Å². The molecule has 0 spiro atoms. The molecule has 17 heavy (non-hydrogen) atoms. The summed E-state index contributed by atoms with van der Waals surface area (Å²) in [4.78, 5) is 21.0. The van der Waals surface area contributed by atoms with Crippen LogP contribution in [0.1, 0.15) is 48.2 Å². The molecular weight excluding hydrogens is 224 g/mol. The second-order valence-corrected chi connectivity index (χ2v) is 3.87. The standard InChI is InChI=1S/C12H16O5/c13-11(14)6-4-2-1-3-5-10-9(12(15)16)7-8-17-10/h7-8H,1-6H2,(H,13,14)(H,15,16). The summed E-state index contributed by atoms with van der Waals surface area (Å²) in [7, 11) is 0. The summed E-state index contributed by atoms with van der Waals surface area (Å²) < 4.78 is 5.10. The molecule has 0 bridgehead atoms. The molecule has 94 valence electrons. The van der Waals surface area contributed by atoms with Crippen LogP contribution < -0.4 is 0 Å². The fraction of sp³-hybridized carbons (Fsp3) is 0.500. The van der Waals surface area contributed by atoms with Gasteiger partial charge >= 0.3 is 11.9 Å². The first-order valence-electron chi connectivity index (χ1n) is 5.62. The quantitative estimate of drug-likeness (QED) is 0.682. The normalized spacial score (nSPS) is 10.4. The molecule has 2 N–H and O–H groups in total. The monoisotopic (exact) mass is 240 g/mol. The van der Waals surface area contributed by atoms with E-state index in [1.807, 2.05) is 0 Å². The molecule has 0 aromatic carbocycles. The maximum atomic E-state index is 10.8. The molecule has 1 aromatic rings. The van der Waals surface area contributed by atoms with Gasteiger partial charge in [-0.15, -0.1) is 0 Å². The Hall–Kier alpha value is -1.78. The van der Waals surface area contributed by atoms with E-state index in [-0.39, 0.29) is 12.0 Å². The molecule has 1 rings (SSSR count). The van der Waals surface area contributed by atoms with Gasteiger partial charge in [-0.25, -0.2) is 4.79 Å².